The summed E-state index contributed by atoms with van der Waals surface area (Å²) in [5.41, 5.74) is -0.326. The van der Waals surface area contributed by atoms with Crippen molar-refractivity contribution in [3.8, 4) is 0 Å². The van der Waals surface area contributed by atoms with Crippen molar-refractivity contribution < 1.29 is 9.72 Å². The van der Waals surface area contributed by atoms with Gasteiger partial charge < -0.3 is 0 Å². The highest BCUT2D eigenvalue weighted by Crippen LogP contribution is 2.38. The van der Waals surface area contributed by atoms with Crippen LogP contribution in [0.2, 0.25) is 0 Å². The monoisotopic (exact) mass is 199 g/mol. The van der Waals surface area contributed by atoms with Gasteiger partial charge in [0.25, 0.3) is 0 Å². The van der Waals surface area contributed by atoms with E-state index in [4.69, 9.17) is 0 Å². The van der Waals surface area contributed by atoms with E-state index in [1.165, 1.54) is 0 Å². The van der Waals surface area contributed by atoms with Crippen LogP contribution in [0.1, 0.15) is 45.4 Å². The molecule has 4 nitrogen and oxygen atoms in total. The van der Waals surface area contributed by atoms with Gasteiger partial charge in [-0.1, -0.05) is 13.3 Å². The molecule has 0 amide bonds. The molecule has 0 aromatic carbocycles. The van der Waals surface area contributed by atoms with Crippen molar-refractivity contribution in [2.24, 2.45) is 5.41 Å². The summed E-state index contributed by atoms with van der Waals surface area (Å²) < 4.78 is 0. The standard InChI is InChI=1S/C10H17NO3/c1-2-5-10(8-11(13)14)6-3-4-9(12)7-10/h2-8H2,1H3. The van der Waals surface area contributed by atoms with Crippen molar-refractivity contribution in [3.05, 3.63) is 10.1 Å². The maximum atomic E-state index is 11.3. The molecule has 1 saturated carbocycles. The number of hydrogen-bond acceptors (Lipinski definition) is 3. The molecular weight excluding hydrogens is 182 g/mol. The molecule has 1 aliphatic rings. The highest BCUT2D eigenvalue weighted by molar-refractivity contribution is 5.79. The molecule has 1 unspecified atom stereocenters. The summed E-state index contributed by atoms with van der Waals surface area (Å²) >= 11 is 0. The number of hydrogen-bond donors (Lipinski definition) is 0. The van der Waals surface area contributed by atoms with Gasteiger partial charge in [-0.15, -0.1) is 0 Å². The zero-order valence-corrected chi connectivity index (χ0v) is 8.62. The van der Waals surface area contributed by atoms with Gasteiger partial charge in [-0.25, -0.2) is 0 Å². The van der Waals surface area contributed by atoms with E-state index < -0.39 is 0 Å². The summed E-state index contributed by atoms with van der Waals surface area (Å²) in [6.45, 7) is 1.98. The fourth-order valence-electron chi connectivity index (χ4n) is 2.49. The maximum absolute atomic E-state index is 11.3. The highest BCUT2D eigenvalue weighted by Gasteiger charge is 2.39. The minimum absolute atomic E-state index is 0.0351. The SMILES string of the molecule is CCCC1(C[N+](=O)[O-])CCCC(=O)C1. The third kappa shape index (κ3) is 2.79. The van der Waals surface area contributed by atoms with Crippen LogP contribution in [0.3, 0.4) is 0 Å². The minimum Gasteiger partial charge on any atom is -0.300 e. The van der Waals surface area contributed by atoms with Crippen LogP contribution in [0.5, 0.6) is 0 Å². The Hall–Kier alpha value is -0.930. The van der Waals surface area contributed by atoms with Gasteiger partial charge in [-0.3, -0.25) is 14.9 Å². The number of nitrogens with zero attached hydrogens (tertiary/aromatic N) is 1. The summed E-state index contributed by atoms with van der Waals surface area (Å²) in [7, 11) is 0. The summed E-state index contributed by atoms with van der Waals surface area (Å²) in [5.74, 6) is 0.201. The molecule has 0 aromatic rings. The van der Waals surface area contributed by atoms with E-state index in [1.54, 1.807) is 0 Å². The van der Waals surface area contributed by atoms with Gasteiger partial charge in [0.2, 0.25) is 6.54 Å². The Morgan fingerprint density at radius 1 is 1.57 bits per heavy atom. The molecule has 80 valence electrons. The molecule has 0 bridgehead atoms. The Balaban J connectivity index is 2.68. The lowest BCUT2D eigenvalue weighted by atomic mass is 9.71. The molecule has 1 fully saturated rings. The Labute approximate surface area is 83.8 Å². The van der Waals surface area contributed by atoms with E-state index in [0.717, 1.165) is 25.7 Å². The summed E-state index contributed by atoms with van der Waals surface area (Å²) in [6.07, 6.45) is 4.42. The summed E-state index contributed by atoms with van der Waals surface area (Å²) in [4.78, 5) is 21.6. The molecule has 1 rings (SSSR count). The van der Waals surface area contributed by atoms with Gasteiger partial charge in [-0.05, 0) is 19.3 Å². The van der Waals surface area contributed by atoms with Crippen LogP contribution in [0.15, 0.2) is 0 Å². The normalized spacial score (nSPS) is 27.6. The van der Waals surface area contributed by atoms with E-state index >= 15 is 0 Å². The fraction of sp³-hybridized carbons (Fsp3) is 0.900. The molecule has 0 spiro atoms. The zero-order chi connectivity index (χ0) is 10.6. The van der Waals surface area contributed by atoms with Crippen LogP contribution in [-0.4, -0.2) is 17.3 Å². The minimum atomic E-state index is -0.326. The molecule has 1 aliphatic carbocycles. The van der Waals surface area contributed by atoms with Gasteiger partial charge in [-0.2, -0.15) is 0 Å². The van der Waals surface area contributed by atoms with Gasteiger partial charge in [0.05, 0.1) is 0 Å². The molecule has 4 heteroatoms. The average molecular weight is 199 g/mol. The summed E-state index contributed by atoms with van der Waals surface area (Å²) in [6, 6.07) is 0. The Bertz CT molecular complexity index is 232. The van der Waals surface area contributed by atoms with Crippen molar-refractivity contribution in [2.45, 2.75) is 45.4 Å². The topological polar surface area (TPSA) is 60.2 Å². The van der Waals surface area contributed by atoms with E-state index in [-0.39, 0.29) is 22.7 Å². The fourth-order valence-corrected chi connectivity index (χ4v) is 2.49. The van der Waals surface area contributed by atoms with Crippen LogP contribution >= 0.6 is 0 Å². The number of Topliss-reactive ketones (excluding diaryl/α,β-unsaturated/α-hetero) is 1. The molecule has 1 atom stereocenters. The molecule has 0 aliphatic heterocycles. The third-order valence-corrected chi connectivity index (χ3v) is 2.98. The number of carbonyl (C=O) groups is 1. The lowest BCUT2D eigenvalue weighted by Gasteiger charge is -2.32. The van der Waals surface area contributed by atoms with E-state index in [9.17, 15) is 14.9 Å². The van der Waals surface area contributed by atoms with Gasteiger partial charge in [0, 0.05) is 23.2 Å². The first-order valence-corrected chi connectivity index (χ1v) is 5.21. The molecule has 0 heterocycles. The number of nitro groups is 1. The molecule has 14 heavy (non-hydrogen) atoms. The predicted molar refractivity (Wildman–Crippen MR) is 52.7 cm³/mol. The number of carbonyl (C=O) groups excluding carboxylic acids is 1. The first kappa shape index (κ1) is 11.1. The quantitative estimate of drug-likeness (QED) is 0.515. The highest BCUT2D eigenvalue weighted by atomic mass is 16.6. The van der Waals surface area contributed by atoms with Crippen molar-refractivity contribution in [1.82, 2.24) is 0 Å². The second-order valence-electron chi connectivity index (χ2n) is 4.31. The Morgan fingerprint density at radius 2 is 2.29 bits per heavy atom. The predicted octanol–water partition coefficient (Wildman–Crippen LogP) is 2.19. The molecule has 0 radical (unpaired) electrons. The average Bonchev–Trinajstić information content (AvgIpc) is 2.02. The van der Waals surface area contributed by atoms with Crippen molar-refractivity contribution in [1.29, 1.82) is 0 Å². The molecule has 0 N–H and O–H groups in total. The van der Waals surface area contributed by atoms with Crippen molar-refractivity contribution in [2.75, 3.05) is 6.54 Å². The van der Waals surface area contributed by atoms with Crippen molar-refractivity contribution >= 4 is 5.78 Å². The first-order valence-electron chi connectivity index (χ1n) is 5.21. The lowest BCUT2D eigenvalue weighted by molar-refractivity contribution is -0.498. The molecular formula is C10H17NO3. The number of ketones is 1. The second-order valence-corrected chi connectivity index (χ2v) is 4.31. The van der Waals surface area contributed by atoms with E-state index in [2.05, 4.69) is 0 Å². The van der Waals surface area contributed by atoms with Gasteiger partial charge in [0.1, 0.15) is 5.78 Å². The molecule has 0 aromatic heterocycles. The van der Waals surface area contributed by atoms with Gasteiger partial charge in [0.15, 0.2) is 0 Å². The Morgan fingerprint density at radius 3 is 2.79 bits per heavy atom. The Kier molecular flexibility index (Phi) is 3.61. The van der Waals surface area contributed by atoms with E-state index in [0.29, 0.717) is 12.8 Å². The van der Waals surface area contributed by atoms with Crippen molar-refractivity contribution in [3.63, 3.8) is 0 Å². The largest absolute Gasteiger partial charge is 0.300 e. The van der Waals surface area contributed by atoms with Gasteiger partial charge >= 0.3 is 0 Å². The second kappa shape index (κ2) is 4.53. The van der Waals surface area contributed by atoms with Crippen LogP contribution in [-0.2, 0) is 4.79 Å². The number of rotatable bonds is 4. The lowest BCUT2D eigenvalue weighted by Crippen LogP contribution is -2.35. The zero-order valence-electron chi connectivity index (χ0n) is 8.62. The smallest absolute Gasteiger partial charge is 0.209 e. The first-order chi connectivity index (χ1) is 6.58. The molecule has 0 saturated heterocycles. The van der Waals surface area contributed by atoms with Crippen LogP contribution in [0.4, 0.5) is 0 Å². The maximum Gasteiger partial charge on any atom is 0.209 e. The summed E-state index contributed by atoms with van der Waals surface area (Å²) in [5, 5.41) is 10.5. The van der Waals surface area contributed by atoms with Crippen LogP contribution in [0.25, 0.3) is 0 Å². The third-order valence-electron chi connectivity index (χ3n) is 2.98. The van der Waals surface area contributed by atoms with Crippen LogP contribution < -0.4 is 0 Å². The van der Waals surface area contributed by atoms with Crippen LogP contribution in [0, 0.1) is 15.5 Å². The van der Waals surface area contributed by atoms with E-state index in [1.807, 2.05) is 6.92 Å².